The zero-order chi connectivity index (χ0) is 35.6. The second-order valence-electron chi connectivity index (χ2n) is 11.1. The van der Waals surface area contributed by atoms with Gasteiger partial charge in [0, 0.05) is 37.4 Å². The summed E-state index contributed by atoms with van der Waals surface area (Å²) in [5.41, 5.74) is 4.16. The molecule has 0 saturated heterocycles. The highest BCUT2D eigenvalue weighted by molar-refractivity contribution is 5.89. The van der Waals surface area contributed by atoms with Crippen LogP contribution < -0.4 is 41.0 Å². The van der Waals surface area contributed by atoms with Crippen molar-refractivity contribution < 1.29 is 37.9 Å². The Morgan fingerprint density at radius 3 is 0.980 bits per heavy atom. The van der Waals surface area contributed by atoms with E-state index < -0.39 is 23.6 Å². The maximum absolute atomic E-state index is 12.2. The van der Waals surface area contributed by atoms with E-state index >= 15 is 0 Å². The van der Waals surface area contributed by atoms with Gasteiger partial charge in [-0.15, -0.1) is 0 Å². The van der Waals surface area contributed by atoms with Crippen LogP contribution in [-0.4, -0.2) is 74.7 Å². The van der Waals surface area contributed by atoms with E-state index in [4.69, 9.17) is 0 Å². The number of nitrogens with one attached hydrogen (secondary N) is 6. The monoisotopic (exact) mass is 680 g/mol. The van der Waals surface area contributed by atoms with Crippen LogP contribution in [0.1, 0.15) is 0 Å². The van der Waals surface area contributed by atoms with E-state index in [1.54, 1.807) is 33.9 Å². The lowest BCUT2D eigenvalue weighted by Crippen LogP contribution is -2.47. The van der Waals surface area contributed by atoms with E-state index in [0.29, 0.717) is 0 Å². The molecule has 0 fully saturated rings. The molecule has 2 heterocycles. The maximum Gasteiger partial charge on any atom is 0.286 e. The number of nitrogens with zero attached hydrogens (tertiary/aromatic N) is 2. The van der Waals surface area contributed by atoms with Crippen LogP contribution in [-0.2, 0) is 41.9 Å². The summed E-state index contributed by atoms with van der Waals surface area (Å²) in [5.74, 6) is -2.76. The van der Waals surface area contributed by atoms with Crippen molar-refractivity contribution in [1.82, 2.24) is 31.9 Å². The van der Waals surface area contributed by atoms with Crippen LogP contribution in [0.2, 0.25) is 0 Å². The number of hydrogen-bond acceptors (Lipinski definition) is 6. The standard InChI is InChI=1S/C36H38N8O6/c45-31(21-39-33(47)23-41-35(49)25-43-17-11-29(12-18-43)27-7-3-1-4-8-27)37-15-16-38-32(46)22-40-34(48)24-42-36(50)26-44-19-13-30(14-20-44)28-9-5-2-6-10-28/h1-14,17-20H,15-16,21-26H2,(H4-2,37,38,39,40,41,42,45,46,47,48,49,50)/p+2. The lowest BCUT2D eigenvalue weighted by molar-refractivity contribution is -0.684. The molecule has 0 bridgehead atoms. The first-order valence-electron chi connectivity index (χ1n) is 15.9. The SMILES string of the molecule is O=C(CNC(=O)CNC(=O)C[n+]1ccc(-c2ccccc2)cc1)NCCNC(=O)CNC(=O)CNC(=O)C[n+]1ccc(-c2ccccc2)cc1. The van der Waals surface area contributed by atoms with Gasteiger partial charge in [-0.3, -0.25) is 28.8 Å². The first kappa shape index (κ1) is 36.4. The van der Waals surface area contributed by atoms with Crippen molar-refractivity contribution in [3.63, 3.8) is 0 Å². The number of carbonyl (C=O) groups excluding carboxylic acids is 6. The molecule has 0 spiro atoms. The van der Waals surface area contributed by atoms with Crippen molar-refractivity contribution in [2.24, 2.45) is 0 Å². The summed E-state index contributed by atoms with van der Waals surface area (Å²) in [6.07, 6.45) is 7.12. The Morgan fingerprint density at radius 1 is 0.360 bits per heavy atom. The molecule has 2 aromatic carbocycles. The molecule has 6 amide bonds. The second kappa shape index (κ2) is 19.4. The van der Waals surface area contributed by atoms with E-state index in [1.165, 1.54) is 0 Å². The molecule has 0 atom stereocenters. The van der Waals surface area contributed by atoms with Gasteiger partial charge in [0.25, 0.3) is 11.8 Å². The Morgan fingerprint density at radius 2 is 0.640 bits per heavy atom. The van der Waals surface area contributed by atoms with Crippen molar-refractivity contribution in [1.29, 1.82) is 0 Å². The molecule has 2 aromatic heterocycles. The smallest absolute Gasteiger partial charge is 0.286 e. The van der Waals surface area contributed by atoms with Crippen molar-refractivity contribution in [2.45, 2.75) is 13.1 Å². The van der Waals surface area contributed by atoms with E-state index in [0.717, 1.165) is 22.3 Å². The van der Waals surface area contributed by atoms with Crippen LogP contribution in [0.3, 0.4) is 0 Å². The topological polar surface area (TPSA) is 182 Å². The van der Waals surface area contributed by atoms with Gasteiger partial charge in [0.05, 0.1) is 26.2 Å². The fourth-order valence-corrected chi connectivity index (χ4v) is 4.58. The molecule has 6 N–H and O–H groups in total. The molecule has 0 aliphatic rings. The third-order valence-electron chi connectivity index (χ3n) is 7.20. The summed E-state index contributed by atoms with van der Waals surface area (Å²) in [5, 5.41) is 14.9. The Bertz CT molecular complexity index is 1620. The van der Waals surface area contributed by atoms with Gasteiger partial charge in [-0.25, -0.2) is 0 Å². The summed E-state index contributed by atoms with van der Waals surface area (Å²) in [6, 6.07) is 27.2. The number of carbonyl (C=O) groups is 6. The summed E-state index contributed by atoms with van der Waals surface area (Å²) >= 11 is 0. The molecule has 4 rings (SSSR count). The third-order valence-corrected chi connectivity index (χ3v) is 7.20. The first-order valence-corrected chi connectivity index (χ1v) is 15.9. The molecule has 50 heavy (non-hydrogen) atoms. The highest BCUT2D eigenvalue weighted by Crippen LogP contribution is 2.17. The molecule has 258 valence electrons. The first-order chi connectivity index (χ1) is 24.2. The fraction of sp³-hybridized carbons (Fsp3) is 0.222. The fourth-order valence-electron chi connectivity index (χ4n) is 4.58. The lowest BCUT2D eigenvalue weighted by atomic mass is 10.1. The normalized spacial score (nSPS) is 10.3. The van der Waals surface area contributed by atoms with Crippen molar-refractivity contribution in [3.8, 4) is 22.3 Å². The molecule has 0 radical (unpaired) electrons. The molecule has 0 aliphatic heterocycles. The number of benzene rings is 2. The van der Waals surface area contributed by atoms with Gasteiger partial charge in [-0.05, 0) is 22.3 Å². The minimum atomic E-state index is -0.533. The summed E-state index contributed by atoms with van der Waals surface area (Å²) in [6.45, 7) is -0.963. The Kier molecular flexibility index (Phi) is 14.1. The maximum atomic E-state index is 12.2. The summed E-state index contributed by atoms with van der Waals surface area (Å²) in [7, 11) is 0. The van der Waals surface area contributed by atoms with E-state index in [1.807, 2.05) is 84.9 Å². The van der Waals surface area contributed by atoms with E-state index in [2.05, 4.69) is 31.9 Å². The quantitative estimate of drug-likeness (QED) is 0.0614. The van der Waals surface area contributed by atoms with Crippen LogP contribution in [0.5, 0.6) is 0 Å². The number of rotatable bonds is 17. The summed E-state index contributed by atoms with van der Waals surface area (Å²) in [4.78, 5) is 72.6. The van der Waals surface area contributed by atoms with Crippen molar-refractivity contribution >= 4 is 35.4 Å². The number of hydrogen-bond donors (Lipinski definition) is 6. The highest BCUT2D eigenvalue weighted by atomic mass is 16.2. The molecule has 14 nitrogen and oxygen atoms in total. The van der Waals surface area contributed by atoms with Gasteiger partial charge in [-0.2, -0.15) is 9.13 Å². The minimum Gasteiger partial charge on any atom is -0.353 e. The molecule has 0 aliphatic carbocycles. The summed E-state index contributed by atoms with van der Waals surface area (Å²) < 4.78 is 3.38. The van der Waals surface area contributed by atoms with E-state index in [9.17, 15) is 28.8 Å². The average Bonchev–Trinajstić information content (AvgIpc) is 3.14. The Balaban J connectivity index is 0.991. The average molecular weight is 681 g/mol. The van der Waals surface area contributed by atoms with Gasteiger partial charge in [-0.1, -0.05) is 60.7 Å². The van der Waals surface area contributed by atoms with Crippen LogP contribution >= 0.6 is 0 Å². The van der Waals surface area contributed by atoms with Crippen LogP contribution in [0.15, 0.2) is 110 Å². The largest absolute Gasteiger partial charge is 0.353 e. The third kappa shape index (κ3) is 13.0. The molecular weight excluding hydrogens is 640 g/mol. The van der Waals surface area contributed by atoms with Gasteiger partial charge in [0.15, 0.2) is 24.8 Å². The zero-order valence-corrected chi connectivity index (χ0v) is 27.4. The second-order valence-corrected chi connectivity index (χ2v) is 11.1. The van der Waals surface area contributed by atoms with Crippen molar-refractivity contribution in [2.75, 3.05) is 39.3 Å². The molecular formula is C36H40N8O6+2. The van der Waals surface area contributed by atoms with Crippen LogP contribution in [0, 0.1) is 0 Å². The predicted octanol–water partition coefficient (Wildman–Crippen LogP) is -1.01. The Hall–Kier alpha value is -6.44. The minimum absolute atomic E-state index is 0.0274. The lowest BCUT2D eigenvalue weighted by Gasteiger charge is -2.09. The van der Waals surface area contributed by atoms with Crippen LogP contribution in [0.4, 0.5) is 0 Å². The predicted molar refractivity (Wildman–Crippen MR) is 182 cm³/mol. The highest BCUT2D eigenvalue weighted by Gasteiger charge is 2.14. The van der Waals surface area contributed by atoms with Crippen LogP contribution in [0.25, 0.3) is 22.3 Å². The zero-order valence-electron chi connectivity index (χ0n) is 27.4. The van der Waals surface area contributed by atoms with Gasteiger partial charge >= 0.3 is 0 Å². The number of pyridine rings is 2. The van der Waals surface area contributed by atoms with Gasteiger partial charge < -0.3 is 31.9 Å². The van der Waals surface area contributed by atoms with E-state index in [-0.39, 0.29) is 64.2 Å². The molecule has 4 aromatic rings. The van der Waals surface area contributed by atoms with Gasteiger partial charge in [0.2, 0.25) is 36.7 Å². The molecule has 0 saturated carbocycles. The number of amides is 6. The number of aromatic nitrogens is 2. The van der Waals surface area contributed by atoms with Crippen molar-refractivity contribution in [3.05, 3.63) is 110 Å². The molecule has 0 unspecified atom stereocenters. The van der Waals surface area contributed by atoms with Gasteiger partial charge in [0.1, 0.15) is 0 Å². The Labute approximate surface area is 289 Å². The molecule has 14 heteroatoms.